The summed E-state index contributed by atoms with van der Waals surface area (Å²) in [5.41, 5.74) is 3.18. The van der Waals surface area contributed by atoms with E-state index in [1.54, 1.807) is 6.92 Å². The Labute approximate surface area is 146 Å². The molecule has 0 saturated carbocycles. The first-order valence-electron chi connectivity index (χ1n) is 8.12. The minimum absolute atomic E-state index is 0.233. The molecule has 3 aromatic rings. The Morgan fingerprint density at radius 2 is 1.64 bits per heavy atom. The number of ether oxygens (including phenoxy) is 1. The third-order valence-corrected chi connectivity index (χ3v) is 3.63. The van der Waals surface area contributed by atoms with E-state index < -0.39 is 5.97 Å². The van der Waals surface area contributed by atoms with Gasteiger partial charge in [-0.15, -0.1) is 0 Å². The summed E-state index contributed by atoms with van der Waals surface area (Å²) in [6.07, 6.45) is 0. The maximum Gasteiger partial charge on any atom is 0.359 e. The van der Waals surface area contributed by atoms with Crippen molar-refractivity contribution in [3.8, 4) is 11.4 Å². The molecule has 3 rings (SSSR count). The van der Waals surface area contributed by atoms with Crippen molar-refractivity contribution in [2.24, 2.45) is 0 Å². The van der Waals surface area contributed by atoms with Gasteiger partial charge >= 0.3 is 5.97 Å². The lowest BCUT2D eigenvalue weighted by Gasteiger charge is -2.14. The fraction of sp³-hybridized carbons (Fsp3) is 0.150. The predicted octanol–water partition coefficient (Wildman–Crippen LogP) is 4.37. The van der Waals surface area contributed by atoms with E-state index in [0.29, 0.717) is 17.2 Å². The van der Waals surface area contributed by atoms with Crippen LogP contribution in [0.4, 0.5) is 11.4 Å². The second-order valence-corrected chi connectivity index (χ2v) is 5.43. The molecule has 0 radical (unpaired) electrons. The largest absolute Gasteiger partial charge is 0.461 e. The number of para-hydroxylation sites is 1. The van der Waals surface area contributed by atoms with Gasteiger partial charge < -0.3 is 10.1 Å². The molecule has 5 nitrogen and oxygen atoms in total. The number of rotatable bonds is 5. The molecule has 1 aromatic heterocycles. The van der Waals surface area contributed by atoms with Gasteiger partial charge in [0, 0.05) is 11.3 Å². The van der Waals surface area contributed by atoms with E-state index in [2.05, 4.69) is 15.3 Å². The fourth-order valence-electron chi connectivity index (χ4n) is 2.45. The van der Waals surface area contributed by atoms with Gasteiger partial charge in [-0.25, -0.2) is 14.8 Å². The predicted molar refractivity (Wildman–Crippen MR) is 97.9 cm³/mol. The molecule has 0 unspecified atom stereocenters. The van der Waals surface area contributed by atoms with Gasteiger partial charge in [-0.3, -0.25) is 0 Å². The highest BCUT2D eigenvalue weighted by atomic mass is 16.5. The molecule has 2 aromatic carbocycles. The Morgan fingerprint density at radius 3 is 2.28 bits per heavy atom. The smallest absolute Gasteiger partial charge is 0.359 e. The average Bonchev–Trinajstić information content (AvgIpc) is 2.65. The molecular weight excluding hydrogens is 314 g/mol. The van der Waals surface area contributed by atoms with Gasteiger partial charge in [0.25, 0.3) is 0 Å². The number of nitrogens with one attached hydrogen (secondary N) is 1. The van der Waals surface area contributed by atoms with Crippen LogP contribution in [0.25, 0.3) is 11.4 Å². The lowest BCUT2D eigenvalue weighted by Crippen LogP contribution is -2.13. The minimum Gasteiger partial charge on any atom is -0.461 e. The number of carbonyl (C=O) groups excluding carboxylic acids is 1. The monoisotopic (exact) mass is 333 g/mol. The Kier molecular flexibility index (Phi) is 5.04. The van der Waals surface area contributed by atoms with Crippen LogP contribution in [-0.2, 0) is 4.74 Å². The van der Waals surface area contributed by atoms with Crippen LogP contribution in [0.3, 0.4) is 0 Å². The fourth-order valence-corrected chi connectivity index (χ4v) is 2.45. The zero-order chi connectivity index (χ0) is 17.6. The molecule has 0 aliphatic carbocycles. The minimum atomic E-state index is -0.469. The summed E-state index contributed by atoms with van der Waals surface area (Å²) in [4.78, 5) is 21.5. The summed E-state index contributed by atoms with van der Waals surface area (Å²) >= 11 is 0. The van der Waals surface area contributed by atoms with E-state index >= 15 is 0 Å². The molecule has 5 heteroatoms. The first kappa shape index (κ1) is 16.6. The second kappa shape index (κ2) is 7.57. The van der Waals surface area contributed by atoms with Crippen molar-refractivity contribution < 1.29 is 9.53 Å². The van der Waals surface area contributed by atoms with Crippen LogP contribution in [0.15, 0.2) is 60.7 Å². The third-order valence-electron chi connectivity index (χ3n) is 3.63. The average molecular weight is 333 g/mol. The Bertz CT molecular complexity index is 865. The SMILES string of the molecule is CCOC(=O)c1nc(-c2ccccc2)nc(C)c1Nc1ccccc1. The standard InChI is InChI=1S/C20H19N3O2/c1-3-25-20(24)18-17(22-16-12-8-5-9-13-16)14(2)21-19(23-18)15-10-6-4-7-11-15/h4-13,22H,3H2,1-2H3. The van der Waals surface area contributed by atoms with E-state index in [0.717, 1.165) is 11.3 Å². The Balaban J connectivity index is 2.08. The number of aryl methyl sites for hydroxylation is 1. The van der Waals surface area contributed by atoms with Gasteiger partial charge in [-0.2, -0.15) is 0 Å². The molecule has 0 bridgehead atoms. The maximum atomic E-state index is 12.4. The second-order valence-electron chi connectivity index (χ2n) is 5.43. The van der Waals surface area contributed by atoms with Crippen molar-refractivity contribution in [1.82, 2.24) is 9.97 Å². The summed E-state index contributed by atoms with van der Waals surface area (Å²) in [5, 5.41) is 3.23. The summed E-state index contributed by atoms with van der Waals surface area (Å²) < 4.78 is 5.18. The van der Waals surface area contributed by atoms with E-state index in [1.165, 1.54) is 0 Å². The number of nitrogens with zero attached hydrogens (tertiary/aromatic N) is 2. The number of carbonyl (C=O) groups is 1. The van der Waals surface area contributed by atoms with Gasteiger partial charge in [-0.05, 0) is 26.0 Å². The van der Waals surface area contributed by atoms with Crippen molar-refractivity contribution in [3.63, 3.8) is 0 Å². The number of benzene rings is 2. The van der Waals surface area contributed by atoms with Crippen LogP contribution in [0.2, 0.25) is 0 Å². The summed E-state index contributed by atoms with van der Waals surface area (Å²) in [7, 11) is 0. The van der Waals surface area contributed by atoms with Crippen LogP contribution in [-0.4, -0.2) is 22.5 Å². The molecule has 0 atom stereocenters. The van der Waals surface area contributed by atoms with Gasteiger partial charge in [0.1, 0.15) is 0 Å². The highest BCUT2D eigenvalue weighted by molar-refractivity contribution is 5.95. The molecule has 0 aliphatic heterocycles. The van der Waals surface area contributed by atoms with Crippen molar-refractivity contribution in [3.05, 3.63) is 72.1 Å². The van der Waals surface area contributed by atoms with Crippen LogP contribution < -0.4 is 5.32 Å². The molecule has 25 heavy (non-hydrogen) atoms. The van der Waals surface area contributed by atoms with Crippen molar-refractivity contribution in [2.75, 3.05) is 11.9 Å². The zero-order valence-electron chi connectivity index (χ0n) is 14.2. The van der Waals surface area contributed by atoms with E-state index in [1.807, 2.05) is 67.6 Å². The first-order chi connectivity index (χ1) is 12.2. The normalized spacial score (nSPS) is 10.3. The van der Waals surface area contributed by atoms with Gasteiger partial charge in [-0.1, -0.05) is 48.5 Å². The summed E-state index contributed by atoms with van der Waals surface area (Å²) in [5.74, 6) is 0.0309. The number of anilines is 2. The molecule has 0 amide bonds. The molecule has 0 saturated heterocycles. The molecule has 0 spiro atoms. The van der Waals surface area contributed by atoms with E-state index in [4.69, 9.17) is 4.74 Å². The lowest BCUT2D eigenvalue weighted by atomic mass is 10.2. The highest BCUT2D eigenvalue weighted by Gasteiger charge is 2.20. The first-order valence-corrected chi connectivity index (χ1v) is 8.12. The molecule has 126 valence electrons. The van der Waals surface area contributed by atoms with Crippen LogP contribution in [0, 0.1) is 6.92 Å². The zero-order valence-corrected chi connectivity index (χ0v) is 14.2. The molecular formula is C20H19N3O2. The lowest BCUT2D eigenvalue weighted by molar-refractivity contribution is 0.0520. The van der Waals surface area contributed by atoms with E-state index in [-0.39, 0.29) is 12.3 Å². The van der Waals surface area contributed by atoms with Crippen LogP contribution >= 0.6 is 0 Å². The number of aromatic nitrogens is 2. The van der Waals surface area contributed by atoms with Crippen molar-refractivity contribution in [1.29, 1.82) is 0 Å². The Hall–Kier alpha value is -3.21. The van der Waals surface area contributed by atoms with Crippen LogP contribution in [0.1, 0.15) is 23.1 Å². The topological polar surface area (TPSA) is 64.1 Å². The van der Waals surface area contributed by atoms with Gasteiger partial charge in [0.15, 0.2) is 11.5 Å². The number of esters is 1. The Morgan fingerprint density at radius 1 is 1.00 bits per heavy atom. The van der Waals surface area contributed by atoms with E-state index in [9.17, 15) is 4.79 Å². The summed E-state index contributed by atoms with van der Waals surface area (Å²) in [6.45, 7) is 3.91. The molecule has 1 N–H and O–H groups in total. The molecule has 0 aliphatic rings. The third kappa shape index (κ3) is 3.83. The van der Waals surface area contributed by atoms with Crippen molar-refractivity contribution >= 4 is 17.3 Å². The maximum absolute atomic E-state index is 12.4. The number of hydrogen-bond donors (Lipinski definition) is 1. The quantitative estimate of drug-likeness (QED) is 0.702. The summed E-state index contributed by atoms with van der Waals surface area (Å²) in [6, 6.07) is 19.2. The van der Waals surface area contributed by atoms with Crippen LogP contribution in [0.5, 0.6) is 0 Å². The molecule has 0 fully saturated rings. The highest BCUT2D eigenvalue weighted by Crippen LogP contribution is 2.26. The number of hydrogen-bond acceptors (Lipinski definition) is 5. The van der Waals surface area contributed by atoms with Gasteiger partial charge in [0.2, 0.25) is 0 Å². The van der Waals surface area contributed by atoms with Crippen molar-refractivity contribution in [2.45, 2.75) is 13.8 Å². The molecule has 1 heterocycles. The van der Waals surface area contributed by atoms with Gasteiger partial charge in [0.05, 0.1) is 18.0 Å².